The van der Waals surface area contributed by atoms with Crippen LogP contribution in [0.5, 0.6) is 5.75 Å². The van der Waals surface area contributed by atoms with E-state index in [4.69, 9.17) is 4.74 Å². The summed E-state index contributed by atoms with van der Waals surface area (Å²) in [7, 11) is 3.54. The van der Waals surface area contributed by atoms with Gasteiger partial charge in [-0.25, -0.2) is 0 Å². The maximum absolute atomic E-state index is 12.6. The number of aromatic nitrogens is 3. The van der Waals surface area contributed by atoms with Gasteiger partial charge in [-0.3, -0.25) is 4.79 Å². The molecule has 0 N–H and O–H groups in total. The summed E-state index contributed by atoms with van der Waals surface area (Å²) in [5, 5.41) is 9.00. The van der Waals surface area contributed by atoms with Crippen molar-refractivity contribution < 1.29 is 9.53 Å². The molecule has 26 heavy (non-hydrogen) atoms. The van der Waals surface area contributed by atoms with E-state index >= 15 is 0 Å². The van der Waals surface area contributed by atoms with Gasteiger partial charge in [0, 0.05) is 18.2 Å². The van der Waals surface area contributed by atoms with Crippen molar-refractivity contribution in [1.29, 1.82) is 0 Å². The molecule has 0 fully saturated rings. The van der Waals surface area contributed by atoms with Crippen LogP contribution in [0.3, 0.4) is 0 Å². The van der Waals surface area contributed by atoms with Gasteiger partial charge in [0.1, 0.15) is 5.75 Å². The fourth-order valence-corrected chi connectivity index (χ4v) is 3.49. The molecule has 3 rings (SSSR count). The first-order chi connectivity index (χ1) is 12.5. The Balaban J connectivity index is 1.79. The molecule has 0 aliphatic heterocycles. The van der Waals surface area contributed by atoms with Crippen molar-refractivity contribution in [3.63, 3.8) is 0 Å². The average molecular weight is 367 g/mol. The van der Waals surface area contributed by atoms with Gasteiger partial charge in [0.2, 0.25) is 0 Å². The normalized spacial score (nSPS) is 12.0. The zero-order valence-electron chi connectivity index (χ0n) is 15.3. The number of aryl methyl sites for hydroxylation is 1. The van der Waals surface area contributed by atoms with Crippen LogP contribution in [0.15, 0.2) is 53.7 Å². The fraction of sp³-hybridized carbons (Fsp3) is 0.250. The summed E-state index contributed by atoms with van der Waals surface area (Å²) < 4.78 is 7.17. The summed E-state index contributed by atoms with van der Waals surface area (Å²) in [6, 6.07) is 15.3. The quantitative estimate of drug-likeness (QED) is 0.484. The first-order valence-electron chi connectivity index (χ1n) is 8.31. The van der Waals surface area contributed by atoms with Gasteiger partial charge in [-0.15, -0.1) is 10.2 Å². The third-order valence-corrected chi connectivity index (χ3v) is 5.28. The monoisotopic (exact) mass is 367 g/mol. The number of thioether (sulfide) groups is 1. The van der Waals surface area contributed by atoms with Crippen LogP contribution >= 0.6 is 11.8 Å². The molecule has 0 radical (unpaired) electrons. The van der Waals surface area contributed by atoms with Gasteiger partial charge in [-0.1, -0.05) is 53.7 Å². The number of methoxy groups -OCH3 is 1. The van der Waals surface area contributed by atoms with E-state index in [1.165, 1.54) is 11.8 Å². The number of hydrogen-bond acceptors (Lipinski definition) is 5. The predicted octanol–water partition coefficient (Wildman–Crippen LogP) is 4.16. The summed E-state index contributed by atoms with van der Waals surface area (Å²) in [6.45, 7) is 3.90. The number of ether oxygens (including phenoxy) is 1. The van der Waals surface area contributed by atoms with Gasteiger partial charge in [-0.2, -0.15) is 0 Å². The summed E-state index contributed by atoms with van der Waals surface area (Å²) >= 11 is 1.41. The Kier molecular flexibility index (Phi) is 5.42. The highest BCUT2D eigenvalue weighted by Gasteiger charge is 2.20. The topological polar surface area (TPSA) is 57.0 Å². The van der Waals surface area contributed by atoms with Crippen molar-refractivity contribution in [2.24, 2.45) is 7.05 Å². The van der Waals surface area contributed by atoms with Crippen molar-refractivity contribution in [2.45, 2.75) is 24.3 Å². The Hall–Kier alpha value is -2.60. The number of carbonyl (C=O) groups is 1. The summed E-state index contributed by atoms with van der Waals surface area (Å²) in [4.78, 5) is 12.6. The van der Waals surface area contributed by atoms with Crippen LogP contribution in [-0.2, 0) is 7.05 Å². The van der Waals surface area contributed by atoms with Gasteiger partial charge >= 0.3 is 0 Å². The maximum atomic E-state index is 12.6. The summed E-state index contributed by atoms with van der Waals surface area (Å²) in [5.41, 5.74) is 2.77. The lowest BCUT2D eigenvalue weighted by Gasteiger charge is -2.10. The number of rotatable bonds is 6. The summed E-state index contributed by atoms with van der Waals surface area (Å²) in [5.74, 6) is 1.59. The molecule has 0 spiro atoms. The van der Waals surface area contributed by atoms with E-state index in [0.29, 0.717) is 10.7 Å². The van der Waals surface area contributed by atoms with Crippen LogP contribution in [0.2, 0.25) is 0 Å². The second-order valence-electron chi connectivity index (χ2n) is 6.09. The molecule has 6 heteroatoms. The molecule has 0 saturated carbocycles. The van der Waals surface area contributed by atoms with Crippen molar-refractivity contribution in [1.82, 2.24) is 14.8 Å². The van der Waals surface area contributed by atoms with Gasteiger partial charge < -0.3 is 9.30 Å². The first kappa shape index (κ1) is 18.2. The molecule has 3 aromatic rings. The van der Waals surface area contributed by atoms with E-state index in [1.54, 1.807) is 7.11 Å². The number of nitrogens with zero attached hydrogens (tertiary/aromatic N) is 3. The van der Waals surface area contributed by atoms with Crippen LogP contribution in [0, 0.1) is 6.92 Å². The van der Waals surface area contributed by atoms with Gasteiger partial charge in [0.05, 0.1) is 12.4 Å². The molecule has 1 atom stereocenters. The Labute approximate surface area is 157 Å². The molecule has 0 amide bonds. The molecule has 1 heterocycles. The van der Waals surface area contributed by atoms with Crippen LogP contribution in [0.1, 0.15) is 22.8 Å². The average Bonchev–Trinajstić information content (AvgIpc) is 3.02. The number of ketones is 1. The minimum Gasteiger partial charge on any atom is -0.497 e. The first-order valence-corrected chi connectivity index (χ1v) is 9.19. The lowest BCUT2D eigenvalue weighted by atomic mass is 10.1. The Bertz CT molecular complexity index is 919. The minimum absolute atomic E-state index is 0.0842. The van der Waals surface area contributed by atoms with E-state index in [0.717, 1.165) is 22.7 Å². The summed E-state index contributed by atoms with van der Waals surface area (Å²) in [6.07, 6.45) is 0. The van der Waals surface area contributed by atoms with Crippen LogP contribution < -0.4 is 4.74 Å². The van der Waals surface area contributed by atoms with E-state index in [1.807, 2.05) is 74.0 Å². The highest BCUT2D eigenvalue weighted by Crippen LogP contribution is 2.28. The highest BCUT2D eigenvalue weighted by molar-refractivity contribution is 8.00. The molecule has 0 saturated heterocycles. The fourth-order valence-electron chi connectivity index (χ4n) is 2.60. The van der Waals surface area contributed by atoms with Crippen LogP contribution in [0.4, 0.5) is 0 Å². The zero-order valence-corrected chi connectivity index (χ0v) is 16.1. The number of carbonyl (C=O) groups excluding carboxylic acids is 1. The van der Waals surface area contributed by atoms with Crippen molar-refractivity contribution in [3.05, 3.63) is 59.7 Å². The van der Waals surface area contributed by atoms with Gasteiger partial charge in [0.25, 0.3) is 0 Å². The van der Waals surface area contributed by atoms with Crippen molar-refractivity contribution >= 4 is 17.5 Å². The van der Waals surface area contributed by atoms with Crippen molar-refractivity contribution in [3.8, 4) is 17.1 Å². The molecule has 0 aliphatic rings. The number of benzene rings is 2. The van der Waals surface area contributed by atoms with E-state index in [-0.39, 0.29) is 11.0 Å². The Morgan fingerprint density at radius 3 is 2.58 bits per heavy atom. The van der Waals surface area contributed by atoms with E-state index in [9.17, 15) is 4.79 Å². The molecule has 134 valence electrons. The van der Waals surface area contributed by atoms with E-state index < -0.39 is 0 Å². The number of Topliss-reactive ketones (excluding diaryl/α,β-unsaturated/α-hetero) is 1. The molecule has 1 unspecified atom stereocenters. The zero-order chi connectivity index (χ0) is 18.7. The Morgan fingerprint density at radius 2 is 1.88 bits per heavy atom. The van der Waals surface area contributed by atoms with Crippen LogP contribution in [-0.4, -0.2) is 32.9 Å². The predicted molar refractivity (Wildman–Crippen MR) is 104 cm³/mol. The van der Waals surface area contributed by atoms with E-state index in [2.05, 4.69) is 10.2 Å². The molecule has 1 aromatic heterocycles. The van der Waals surface area contributed by atoms with Crippen molar-refractivity contribution in [2.75, 3.05) is 7.11 Å². The smallest absolute Gasteiger partial charge is 0.191 e. The second kappa shape index (κ2) is 7.74. The largest absolute Gasteiger partial charge is 0.497 e. The highest BCUT2D eigenvalue weighted by atomic mass is 32.2. The molecular formula is C20H21N3O2S. The lowest BCUT2D eigenvalue weighted by Crippen LogP contribution is -2.14. The molecule has 0 aliphatic carbocycles. The Morgan fingerprint density at radius 1 is 1.15 bits per heavy atom. The molecule has 2 aromatic carbocycles. The molecule has 5 nitrogen and oxygen atoms in total. The third kappa shape index (κ3) is 3.80. The minimum atomic E-state index is -0.251. The lowest BCUT2D eigenvalue weighted by molar-refractivity contribution is 0.0994. The maximum Gasteiger partial charge on any atom is 0.191 e. The third-order valence-electron chi connectivity index (χ3n) is 4.15. The van der Waals surface area contributed by atoms with Gasteiger partial charge in [-0.05, 0) is 26.0 Å². The standard InChI is InChI=1S/C20H21N3O2S/c1-13-8-10-15(11-9-13)18(24)14(2)26-20-22-21-19(23(20)3)16-6-5-7-17(12-16)25-4/h5-12,14H,1-4H3. The van der Waals surface area contributed by atoms with Crippen LogP contribution in [0.25, 0.3) is 11.4 Å². The molecular weight excluding hydrogens is 346 g/mol. The SMILES string of the molecule is COc1cccc(-c2nnc(SC(C)C(=O)c3ccc(C)cc3)n2C)c1. The number of hydrogen-bond donors (Lipinski definition) is 0. The van der Waals surface area contributed by atoms with Gasteiger partial charge in [0.15, 0.2) is 16.8 Å². The second-order valence-corrected chi connectivity index (χ2v) is 7.40. The molecule has 0 bridgehead atoms.